The van der Waals surface area contributed by atoms with E-state index in [1.165, 1.54) is 0 Å². The van der Waals surface area contributed by atoms with Gasteiger partial charge in [0.15, 0.2) is 0 Å². The number of hydrogen-bond acceptors (Lipinski definition) is 5. The number of aliphatic hydroxyl groups is 2. The summed E-state index contributed by atoms with van der Waals surface area (Å²) in [5.41, 5.74) is 2.27. The first-order chi connectivity index (χ1) is 19.8. The van der Waals surface area contributed by atoms with Crippen molar-refractivity contribution in [2.24, 2.45) is 11.8 Å². The minimum Gasteiger partial charge on any atom is -0.481 e. The Labute approximate surface area is 251 Å². The maximum absolute atomic E-state index is 12.2. The first-order valence-electron chi connectivity index (χ1n) is 14.0. The van der Waals surface area contributed by atoms with Crippen LogP contribution in [0.2, 0.25) is 0 Å². The molecule has 42 heavy (non-hydrogen) atoms. The molecule has 0 rings (SSSR count). The van der Waals surface area contributed by atoms with Crippen molar-refractivity contribution in [2.75, 3.05) is 6.54 Å². The Kier molecular flexibility index (Phi) is 20.5. The average molecular weight is 581 g/mol. The molecule has 3 unspecified atom stereocenters. The summed E-state index contributed by atoms with van der Waals surface area (Å²) < 4.78 is 0. The number of carboxylic acid groups (broad SMARTS) is 1. The smallest absolute Gasteiger partial charge is 0.310 e. The molecule has 0 aliphatic heterocycles. The molecule has 0 aromatic heterocycles. The summed E-state index contributed by atoms with van der Waals surface area (Å²) in [5.74, 6) is -1.89. The van der Waals surface area contributed by atoms with Crippen LogP contribution in [0.4, 0.5) is 0 Å². The summed E-state index contributed by atoms with van der Waals surface area (Å²) in [6.45, 7) is 11.3. The number of carbonyl (C=O) groups excluding carboxylic acids is 2. The number of allylic oxidation sites excluding steroid dienone is 15. The third-order valence-electron chi connectivity index (χ3n) is 5.65. The Hall–Kier alpha value is -4.01. The van der Waals surface area contributed by atoms with Gasteiger partial charge < -0.3 is 26.0 Å². The van der Waals surface area contributed by atoms with Crippen LogP contribution in [0.1, 0.15) is 54.4 Å². The molecule has 230 valence electrons. The molecule has 0 aliphatic carbocycles. The molecule has 2 amide bonds. The summed E-state index contributed by atoms with van der Waals surface area (Å²) in [6, 6.07) is 0. The lowest BCUT2D eigenvalue weighted by Crippen LogP contribution is -2.35. The van der Waals surface area contributed by atoms with E-state index < -0.39 is 24.1 Å². The van der Waals surface area contributed by atoms with Crippen molar-refractivity contribution >= 4 is 17.8 Å². The van der Waals surface area contributed by atoms with E-state index in [0.717, 1.165) is 5.57 Å². The van der Waals surface area contributed by atoms with Crippen molar-refractivity contribution in [2.45, 2.75) is 66.6 Å². The number of rotatable bonds is 18. The summed E-state index contributed by atoms with van der Waals surface area (Å²) in [6.07, 6.45) is 25.2. The molecule has 0 radical (unpaired) electrons. The zero-order valence-corrected chi connectivity index (χ0v) is 25.7. The second-order valence-electron chi connectivity index (χ2n) is 10.3. The van der Waals surface area contributed by atoms with Gasteiger partial charge in [-0.05, 0) is 51.7 Å². The normalized spacial score (nSPS) is 16.1. The van der Waals surface area contributed by atoms with Crippen LogP contribution in [0.15, 0.2) is 108 Å². The van der Waals surface area contributed by atoms with E-state index >= 15 is 0 Å². The molecule has 8 heteroatoms. The first-order valence-corrected chi connectivity index (χ1v) is 14.0. The first kappa shape index (κ1) is 38.0. The van der Waals surface area contributed by atoms with E-state index in [1.54, 1.807) is 69.4 Å². The highest BCUT2D eigenvalue weighted by molar-refractivity contribution is 5.80. The molecule has 0 spiro atoms. The third kappa shape index (κ3) is 20.8. The van der Waals surface area contributed by atoms with E-state index in [9.17, 15) is 24.6 Å². The highest BCUT2D eigenvalue weighted by atomic mass is 16.4. The summed E-state index contributed by atoms with van der Waals surface area (Å²) in [7, 11) is 0. The topological polar surface area (TPSA) is 136 Å². The third-order valence-corrected chi connectivity index (χ3v) is 5.65. The van der Waals surface area contributed by atoms with Gasteiger partial charge in [0.2, 0.25) is 11.8 Å². The van der Waals surface area contributed by atoms with Gasteiger partial charge in [-0.2, -0.15) is 0 Å². The molecule has 0 saturated carbocycles. The van der Waals surface area contributed by atoms with Gasteiger partial charge in [0, 0.05) is 12.2 Å². The Morgan fingerprint density at radius 3 is 2.05 bits per heavy atom. The number of carbonyl (C=O) groups is 3. The monoisotopic (exact) mass is 580 g/mol. The average Bonchev–Trinajstić information content (AvgIpc) is 2.91. The second kappa shape index (κ2) is 22.7. The molecule has 0 aromatic rings. The summed E-state index contributed by atoms with van der Waals surface area (Å²) >= 11 is 0. The van der Waals surface area contributed by atoms with Crippen LogP contribution >= 0.6 is 0 Å². The molecule has 3 atom stereocenters. The molecular formula is C34H48N2O6. The van der Waals surface area contributed by atoms with Crippen molar-refractivity contribution in [3.8, 4) is 0 Å². The highest BCUT2D eigenvalue weighted by Crippen LogP contribution is 2.07. The summed E-state index contributed by atoms with van der Waals surface area (Å²) in [4.78, 5) is 34.7. The van der Waals surface area contributed by atoms with Gasteiger partial charge in [0.1, 0.15) is 6.10 Å². The Bertz CT molecular complexity index is 1130. The van der Waals surface area contributed by atoms with Crippen LogP contribution < -0.4 is 10.6 Å². The fraction of sp³-hybridized carbons (Fsp3) is 0.382. The molecule has 0 fully saturated rings. The zero-order valence-electron chi connectivity index (χ0n) is 25.7. The van der Waals surface area contributed by atoms with Gasteiger partial charge >= 0.3 is 5.97 Å². The number of nitrogens with one attached hydrogen (secondary N) is 2. The van der Waals surface area contributed by atoms with E-state index in [4.69, 9.17) is 5.11 Å². The predicted octanol–water partition coefficient (Wildman–Crippen LogP) is 5.23. The Balaban J connectivity index is 4.54. The largest absolute Gasteiger partial charge is 0.481 e. The molecule has 8 nitrogen and oxygen atoms in total. The second-order valence-corrected chi connectivity index (χ2v) is 10.3. The van der Waals surface area contributed by atoms with Crippen molar-refractivity contribution in [3.63, 3.8) is 0 Å². The summed E-state index contributed by atoms with van der Waals surface area (Å²) in [5, 5.41) is 34.3. The quantitative estimate of drug-likeness (QED) is 0.141. The lowest BCUT2D eigenvalue weighted by atomic mass is 10.1. The van der Waals surface area contributed by atoms with Gasteiger partial charge in [-0.25, -0.2) is 0 Å². The van der Waals surface area contributed by atoms with Gasteiger partial charge in [-0.1, -0.05) is 104 Å². The lowest BCUT2D eigenvalue weighted by molar-refractivity contribution is -0.139. The molecule has 0 bridgehead atoms. The number of hydrogen-bond donors (Lipinski definition) is 5. The molecule has 0 saturated heterocycles. The number of aliphatic carboxylic acids is 1. The molecule has 5 N–H and O–H groups in total. The lowest BCUT2D eigenvalue weighted by Gasteiger charge is -2.11. The van der Waals surface area contributed by atoms with Crippen molar-refractivity contribution in [1.29, 1.82) is 0 Å². The Morgan fingerprint density at radius 1 is 0.762 bits per heavy atom. The predicted molar refractivity (Wildman–Crippen MR) is 170 cm³/mol. The maximum atomic E-state index is 12.2. The molecular weight excluding hydrogens is 532 g/mol. The van der Waals surface area contributed by atoms with Crippen molar-refractivity contribution < 1.29 is 29.7 Å². The van der Waals surface area contributed by atoms with Crippen LogP contribution in [-0.4, -0.2) is 51.9 Å². The minimum atomic E-state index is -0.976. The number of aliphatic hydroxyl groups excluding tert-OH is 2. The molecule has 0 heterocycles. The number of carboxylic acids is 1. The van der Waals surface area contributed by atoms with Gasteiger partial charge in [0.05, 0.1) is 18.4 Å². The zero-order chi connectivity index (χ0) is 31.9. The molecule has 0 aliphatic rings. The van der Waals surface area contributed by atoms with E-state index in [2.05, 4.69) is 10.6 Å². The molecule has 0 aromatic carbocycles. The minimum absolute atomic E-state index is 0.0774. The van der Waals surface area contributed by atoms with Crippen LogP contribution in [0.3, 0.4) is 0 Å². The highest BCUT2D eigenvalue weighted by Gasteiger charge is 2.15. The van der Waals surface area contributed by atoms with Gasteiger partial charge in [-0.15, -0.1) is 0 Å². The van der Waals surface area contributed by atoms with E-state index in [1.807, 2.05) is 63.3 Å². The van der Waals surface area contributed by atoms with Crippen LogP contribution in [0.25, 0.3) is 0 Å². The van der Waals surface area contributed by atoms with E-state index in [-0.39, 0.29) is 24.2 Å². The SMILES string of the molecule is C/C(=C/C=C\C=C(C)\C=C\C=C/C=C/CNC(=O)C(O)CC(C)C)C(O)CC(=O)N/C(C)=C/C=C/C=C/C(C)C(=O)O. The fourth-order valence-corrected chi connectivity index (χ4v) is 3.12. The Morgan fingerprint density at radius 2 is 1.38 bits per heavy atom. The van der Waals surface area contributed by atoms with Crippen molar-refractivity contribution in [3.05, 3.63) is 108 Å². The standard InChI is InChI=1S/C34H48N2O6/c1-25(2)23-31(38)33(40)35-22-16-9-7-8-11-17-26(3)18-14-15-19-27(4)30(37)24-32(39)36-29(6)21-13-10-12-20-28(5)34(41)42/h7-21,25,28,30-31,37-38H,22-24H2,1-6H3,(H,35,40)(H,36,39)(H,41,42)/b8-7-,13-10+,15-14-,16-9+,17-11+,20-12+,26-18+,27-19-,29-21+. The van der Waals surface area contributed by atoms with Crippen LogP contribution in [0.5, 0.6) is 0 Å². The number of amides is 2. The van der Waals surface area contributed by atoms with Crippen LogP contribution in [0, 0.1) is 11.8 Å². The van der Waals surface area contributed by atoms with Crippen LogP contribution in [-0.2, 0) is 14.4 Å². The van der Waals surface area contributed by atoms with E-state index in [0.29, 0.717) is 24.2 Å². The van der Waals surface area contributed by atoms with Gasteiger partial charge in [-0.3, -0.25) is 14.4 Å². The maximum Gasteiger partial charge on any atom is 0.310 e. The van der Waals surface area contributed by atoms with Crippen molar-refractivity contribution in [1.82, 2.24) is 10.6 Å². The fourth-order valence-electron chi connectivity index (χ4n) is 3.12. The van der Waals surface area contributed by atoms with Gasteiger partial charge in [0.25, 0.3) is 0 Å².